The molecule has 15 nitrogen and oxygen atoms in total. The van der Waals surface area contributed by atoms with E-state index in [0.29, 0.717) is 38.5 Å². The number of unbranched alkanes of at least 4 members (excludes halogenated alkanes) is 2. The molecule has 0 bridgehead atoms. The van der Waals surface area contributed by atoms with Crippen molar-refractivity contribution in [2.45, 2.75) is 122 Å². The van der Waals surface area contributed by atoms with Crippen molar-refractivity contribution in [3.8, 4) is 0 Å². The average molecular weight is 707 g/mol. The number of hydrogen-bond acceptors (Lipinski definition) is 13. The molecule has 5 aliphatic rings. The summed E-state index contributed by atoms with van der Waals surface area (Å²) < 4.78 is 18.3. The van der Waals surface area contributed by atoms with Crippen molar-refractivity contribution in [1.82, 2.24) is 10.7 Å². The molecule has 3 saturated carbocycles. The van der Waals surface area contributed by atoms with Crippen LogP contribution in [0.4, 0.5) is 0 Å². The van der Waals surface area contributed by atoms with Crippen molar-refractivity contribution in [1.29, 1.82) is 0 Å². The second-order valence-electron chi connectivity index (χ2n) is 14.8. The highest BCUT2D eigenvalue weighted by atomic mass is 17.1. The number of carbonyl (C=O) groups is 5. The van der Waals surface area contributed by atoms with Crippen molar-refractivity contribution in [2.75, 3.05) is 13.2 Å². The number of nitrogens with zero attached hydrogens (tertiary/aromatic N) is 1. The quantitative estimate of drug-likeness (QED) is 0.0886. The zero-order valence-corrected chi connectivity index (χ0v) is 28.9. The molecule has 15 heteroatoms. The van der Waals surface area contributed by atoms with Gasteiger partial charge in [-0.15, -0.1) is 0 Å². The van der Waals surface area contributed by atoms with Crippen LogP contribution in [0.3, 0.4) is 0 Å². The number of hydrogen-bond donors (Lipinski definition) is 5. The third kappa shape index (κ3) is 7.18. The van der Waals surface area contributed by atoms with E-state index in [0.717, 1.165) is 18.4 Å². The minimum Gasteiger partial charge on any atom is -0.480 e. The predicted molar refractivity (Wildman–Crippen MR) is 171 cm³/mol. The first-order valence-electron chi connectivity index (χ1n) is 17.6. The second kappa shape index (κ2) is 15.3. The number of esters is 1. The zero-order valence-electron chi connectivity index (χ0n) is 28.9. The van der Waals surface area contributed by atoms with E-state index in [9.17, 15) is 34.2 Å². The SMILES string of the molecule is CCCC1O[C@@H]2C[C@H]3[C@@H]4CCC5=CC(=O)C=C[C@]5(C)[C@H]4[C@@H](O)C[C@]3(C)C2(C(=O)COC(=O)CC(NC(=O)CCCCCON(O)O)C(=O)O)O1. The average Bonchev–Trinajstić information content (AvgIpc) is 3.53. The standard InChI is InChI=1S/C35H50N2O13/c1-4-8-30-49-27-16-23-22-11-10-20-15-21(38)12-13-33(20,2)31(22)25(39)18-34(23,3)35(27,50-30)26(40)19-47-29(42)17-24(32(43)44)36-28(41)9-6-5-7-14-48-37(45)46/h12-13,15,22-25,27,30-31,39,45-46H,4-11,14,16-19H2,1-3H3,(H,36,41)(H,43,44)/t22-,23-,24?,25-,27+,30?,31+,33-,34-,35?/m0/s1. The summed E-state index contributed by atoms with van der Waals surface area (Å²) in [6, 6.07) is -1.58. The molecule has 1 saturated heterocycles. The molecule has 10 atom stereocenters. The number of Topliss-reactive ketones (excluding diaryl/α,β-unsaturated/α-hetero) is 1. The summed E-state index contributed by atoms with van der Waals surface area (Å²) in [6.07, 6.45) is 7.09. The predicted octanol–water partition coefficient (Wildman–Crippen LogP) is 2.80. The van der Waals surface area contributed by atoms with Crippen LogP contribution in [0.25, 0.3) is 0 Å². The molecule has 4 fully saturated rings. The first-order valence-corrected chi connectivity index (χ1v) is 17.6. The second-order valence-corrected chi connectivity index (χ2v) is 14.8. The van der Waals surface area contributed by atoms with Gasteiger partial charge in [-0.2, -0.15) is 0 Å². The molecule has 278 valence electrons. The van der Waals surface area contributed by atoms with Gasteiger partial charge in [0.25, 0.3) is 0 Å². The molecule has 1 aliphatic heterocycles. The molecular weight excluding hydrogens is 656 g/mol. The van der Waals surface area contributed by atoms with Gasteiger partial charge in [0.15, 0.2) is 24.3 Å². The van der Waals surface area contributed by atoms with E-state index in [1.807, 2.05) is 19.9 Å². The monoisotopic (exact) mass is 706 g/mol. The van der Waals surface area contributed by atoms with E-state index in [1.165, 1.54) is 0 Å². The van der Waals surface area contributed by atoms with Gasteiger partial charge in [-0.25, -0.2) is 4.79 Å². The van der Waals surface area contributed by atoms with Crippen molar-refractivity contribution in [2.24, 2.45) is 28.6 Å². The van der Waals surface area contributed by atoms with Gasteiger partial charge in [-0.3, -0.25) is 34.4 Å². The van der Waals surface area contributed by atoms with Gasteiger partial charge in [0.1, 0.15) is 6.04 Å². The molecular formula is C35H50N2O13. The number of amides is 1. The molecule has 4 aliphatic carbocycles. The summed E-state index contributed by atoms with van der Waals surface area (Å²) >= 11 is 0. The summed E-state index contributed by atoms with van der Waals surface area (Å²) in [7, 11) is 0. The number of carbonyl (C=O) groups excluding carboxylic acids is 4. The fraction of sp³-hybridized carbons (Fsp3) is 0.743. The molecule has 0 radical (unpaired) electrons. The Morgan fingerprint density at radius 2 is 1.92 bits per heavy atom. The lowest BCUT2D eigenvalue weighted by Gasteiger charge is -2.59. The van der Waals surface area contributed by atoms with Gasteiger partial charge in [0.05, 0.1) is 30.6 Å². The van der Waals surface area contributed by atoms with E-state index >= 15 is 0 Å². The first-order chi connectivity index (χ1) is 23.7. The highest BCUT2D eigenvalue weighted by molar-refractivity contribution is 6.01. The van der Waals surface area contributed by atoms with Crippen molar-refractivity contribution in [3.05, 3.63) is 23.8 Å². The normalized spacial score (nSPS) is 36.1. The van der Waals surface area contributed by atoms with E-state index in [-0.39, 0.29) is 43.0 Å². The lowest BCUT2D eigenvalue weighted by molar-refractivity contribution is -0.492. The minimum absolute atomic E-state index is 0.00945. The van der Waals surface area contributed by atoms with Crippen LogP contribution in [-0.4, -0.2) is 98.8 Å². The van der Waals surface area contributed by atoms with Crippen molar-refractivity contribution >= 4 is 29.4 Å². The van der Waals surface area contributed by atoms with E-state index in [4.69, 9.17) is 24.6 Å². The van der Waals surface area contributed by atoms with Crippen LogP contribution in [0.5, 0.6) is 0 Å². The molecule has 0 aromatic rings. The zero-order chi connectivity index (χ0) is 36.4. The maximum Gasteiger partial charge on any atom is 0.326 e. The third-order valence-corrected chi connectivity index (χ3v) is 11.9. The van der Waals surface area contributed by atoms with Crippen LogP contribution in [0.15, 0.2) is 23.8 Å². The number of ether oxygens (including phenoxy) is 3. The number of ketones is 2. The number of nitrogens with one attached hydrogen (secondary N) is 1. The topological polar surface area (TPSA) is 218 Å². The Hall–Kier alpha value is -3.05. The lowest BCUT2D eigenvalue weighted by atomic mass is 9.46. The number of allylic oxidation sites excluding steroid dienone is 4. The first kappa shape index (κ1) is 38.2. The highest BCUT2D eigenvalue weighted by Gasteiger charge is 2.75. The van der Waals surface area contributed by atoms with Crippen LogP contribution >= 0.6 is 0 Å². The fourth-order valence-corrected chi connectivity index (χ4v) is 9.66. The van der Waals surface area contributed by atoms with Crippen LogP contribution in [0.1, 0.15) is 91.4 Å². The summed E-state index contributed by atoms with van der Waals surface area (Å²) in [4.78, 5) is 68.1. The van der Waals surface area contributed by atoms with Crippen LogP contribution in [-0.2, 0) is 43.0 Å². The van der Waals surface area contributed by atoms with Crippen LogP contribution < -0.4 is 5.32 Å². The van der Waals surface area contributed by atoms with E-state index in [1.54, 1.807) is 12.2 Å². The summed E-state index contributed by atoms with van der Waals surface area (Å²) in [6.45, 7) is 5.32. The van der Waals surface area contributed by atoms with Crippen LogP contribution in [0.2, 0.25) is 0 Å². The Bertz CT molecular complexity index is 1400. The van der Waals surface area contributed by atoms with Crippen molar-refractivity contribution < 1.29 is 63.6 Å². The Morgan fingerprint density at radius 3 is 2.62 bits per heavy atom. The number of carboxylic acid groups (broad SMARTS) is 1. The number of aliphatic hydroxyl groups is 1. The van der Waals surface area contributed by atoms with Gasteiger partial charge in [0.2, 0.25) is 11.7 Å². The van der Waals surface area contributed by atoms with Gasteiger partial charge < -0.3 is 29.7 Å². The maximum atomic E-state index is 14.3. The maximum absolute atomic E-state index is 14.3. The summed E-state index contributed by atoms with van der Waals surface area (Å²) in [5.74, 6) is -3.81. The smallest absolute Gasteiger partial charge is 0.326 e. The number of fused-ring (bicyclic) bond motifs is 7. The van der Waals surface area contributed by atoms with E-state index in [2.05, 4.69) is 17.1 Å². The molecule has 0 spiro atoms. The Kier molecular flexibility index (Phi) is 11.7. The molecule has 50 heavy (non-hydrogen) atoms. The largest absolute Gasteiger partial charge is 0.480 e. The molecule has 0 aromatic carbocycles. The Balaban J connectivity index is 1.25. The molecule has 5 rings (SSSR count). The van der Waals surface area contributed by atoms with Gasteiger partial charge in [-0.05, 0) is 68.9 Å². The fourth-order valence-electron chi connectivity index (χ4n) is 9.66. The van der Waals surface area contributed by atoms with Crippen molar-refractivity contribution in [3.63, 3.8) is 0 Å². The third-order valence-electron chi connectivity index (χ3n) is 11.9. The number of aliphatic hydroxyl groups excluding tert-OH is 1. The number of aliphatic carboxylic acids is 1. The highest BCUT2D eigenvalue weighted by Crippen LogP contribution is 2.69. The Labute approximate surface area is 290 Å². The van der Waals surface area contributed by atoms with Gasteiger partial charge in [-0.1, -0.05) is 45.3 Å². The van der Waals surface area contributed by atoms with Gasteiger partial charge in [0, 0.05) is 23.2 Å². The molecule has 0 aromatic heterocycles. The lowest BCUT2D eigenvalue weighted by Crippen LogP contribution is -2.63. The number of carboxylic acids is 1. The van der Waals surface area contributed by atoms with E-state index < -0.39 is 83.0 Å². The van der Waals surface area contributed by atoms with Gasteiger partial charge >= 0.3 is 11.9 Å². The van der Waals surface area contributed by atoms with Crippen LogP contribution in [0, 0.1) is 28.6 Å². The molecule has 5 N–H and O–H groups in total. The Morgan fingerprint density at radius 1 is 1.16 bits per heavy atom. The summed E-state index contributed by atoms with van der Waals surface area (Å²) in [5.41, 5.74) is -1.85. The number of rotatable bonds is 16. The summed E-state index contributed by atoms with van der Waals surface area (Å²) in [5, 5.41) is 40.5. The minimum atomic E-state index is -1.58. The molecule has 1 heterocycles. The molecule has 1 amide bonds. The molecule has 3 unspecified atom stereocenters.